The maximum absolute atomic E-state index is 9.38. The number of para-hydroxylation sites is 1. The van der Waals surface area contributed by atoms with Crippen LogP contribution in [0.1, 0.15) is 19.3 Å². The second-order valence-electron chi connectivity index (χ2n) is 4.66. The summed E-state index contributed by atoms with van der Waals surface area (Å²) in [7, 11) is 0. The van der Waals surface area contributed by atoms with E-state index in [1.165, 1.54) is 12.8 Å². The smallest absolute Gasteiger partial charge is 0.122 e. The topological polar surface area (TPSA) is 41.5 Å². The second-order valence-corrected chi connectivity index (χ2v) is 4.66. The highest BCUT2D eigenvalue weighted by molar-refractivity contribution is 5.21. The summed E-state index contributed by atoms with van der Waals surface area (Å²) in [5.41, 5.74) is 0. The molecular weight excluding hydrogens is 214 g/mol. The van der Waals surface area contributed by atoms with Crippen molar-refractivity contribution >= 4 is 0 Å². The lowest BCUT2D eigenvalue weighted by Gasteiger charge is -2.26. The highest BCUT2D eigenvalue weighted by Crippen LogP contribution is 2.21. The number of aliphatic hydroxyl groups is 1. The van der Waals surface area contributed by atoms with Crippen LogP contribution in [0.2, 0.25) is 0 Å². The third kappa shape index (κ3) is 4.02. The minimum Gasteiger partial charge on any atom is -0.488 e. The molecule has 2 N–H and O–H groups in total. The minimum atomic E-state index is -0.0690. The minimum absolute atomic E-state index is 0.0690. The van der Waals surface area contributed by atoms with Crippen molar-refractivity contribution in [2.45, 2.75) is 25.4 Å². The molecule has 0 saturated carbocycles. The van der Waals surface area contributed by atoms with E-state index in [-0.39, 0.29) is 12.7 Å². The Kier molecular flexibility index (Phi) is 4.83. The number of piperidine rings is 1. The fourth-order valence-electron chi connectivity index (χ4n) is 2.34. The van der Waals surface area contributed by atoms with Crippen LogP contribution < -0.4 is 10.1 Å². The van der Waals surface area contributed by atoms with Crippen molar-refractivity contribution in [3.8, 4) is 5.75 Å². The molecule has 0 spiro atoms. The molecule has 94 valence electrons. The molecule has 3 nitrogen and oxygen atoms in total. The van der Waals surface area contributed by atoms with Gasteiger partial charge in [-0.3, -0.25) is 0 Å². The number of ether oxygens (including phenoxy) is 1. The Morgan fingerprint density at radius 3 is 2.59 bits per heavy atom. The molecule has 0 amide bonds. The summed E-state index contributed by atoms with van der Waals surface area (Å²) in [6, 6.07) is 9.74. The third-order valence-electron chi connectivity index (χ3n) is 3.30. The van der Waals surface area contributed by atoms with Gasteiger partial charge in [-0.1, -0.05) is 18.2 Å². The average molecular weight is 235 g/mol. The van der Waals surface area contributed by atoms with Crippen molar-refractivity contribution in [3.63, 3.8) is 0 Å². The lowest BCUT2D eigenvalue weighted by Crippen LogP contribution is -2.32. The van der Waals surface area contributed by atoms with Crippen LogP contribution in [-0.2, 0) is 0 Å². The van der Waals surface area contributed by atoms with Crippen molar-refractivity contribution < 1.29 is 9.84 Å². The fourth-order valence-corrected chi connectivity index (χ4v) is 2.34. The summed E-state index contributed by atoms with van der Waals surface area (Å²) in [6.07, 6.45) is 3.26. The number of hydrogen-bond acceptors (Lipinski definition) is 3. The van der Waals surface area contributed by atoms with Gasteiger partial charge < -0.3 is 15.2 Å². The van der Waals surface area contributed by atoms with E-state index in [0.29, 0.717) is 5.92 Å². The van der Waals surface area contributed by atoms with E-state index in [2.05, 4.69) is 5.32 Å². The van der Waals surface area contributed by atoms with Crippen LogP contribution in [-0.4, -0.2) is 30.9 Å². The lowest BCUT2D eigenvalue weighted by molar-refractivity contribution is 0.0884. The summed E-state index contributed by atoms with van der Waals surface area (Å²) >= 11 is 0. The van der Waals surface area contributed by atoms with Crippen molar-refractivity contribution in [3.05, 3.63) is 30.3 Å². The maximum Gasteiger partial charge on any atom is 0.122 e. The zero-order valence-electron chi connectivity index (χ0n) is 10.1. The highest BCUT2D eigenvalue weighted by Gasteiger charge is 2.19. The summed E-state index contributed by atoms with van der Waals surface area (Å²) in [4.78, 5) is 0. The van der Waals surface area contributed by atoms with Crippen LogP contribution in [0, 0.1) is 5.92 Å². The van der Waals surface area contributed by atoms with Crippen LogP contribution in [0.4, 0.5) is 0 Å². The first-order valence-electron chi connectivity index (χ1n) is 6.42. The predicted octanol–water partition coefficient (Wildman–Crippen LogP) is 1.82. The number of benzene rings is 1. The molecule has 1 atom stereocenters. The molecule has 0 radical (unpaired) electrons. The van der Waals surface area contributed by atoms with Crippen LogP contribution in [0.25, 0.3) is 0 Å². The van der Waals surface area contributed by atoms with Crippen molar-refractivity contribution in [1.82, 2.24) is 5.32 Å². The summed E-state index contributed by atoms with van der Waals surface area (Å²) < 4.78 is 5.80. The number of aliphatic hydroxyl groups excluding tert-OH is 1. The van der Waals surface area contributed by atoms with Crippen molar-refractivity contribution in [2.24, 2.45) is 5.92 Å². The summed E-state index contributed by atoms with van der Waals surface area (Å²) in [6.45, 7) is 2.28. The molecule has 1 aliphatic heterocycles. The van der Waals surface area contributed by atoms with Crippen LogP contribution in [0.3, 0.4) is 0 Å². The van der Waals surface area contributed by atoms with Crippen LogP contribution in [0.15, 0.2) is 30.3 Å². The molecule has 17 heavy (non-hydrogen) atoms. The molecular formula is C14H21NO2. The standard InChI is InChI=1S/C14H21NO2/c16-11-14(10-12-6-8-15-9-7-12)17-13-4-2-1-3-5-13/h1-5,12,14-16H,6-11H2. The van der Waals surface area contributed by atoms with Gasteiger partial charge in [0.1, 0.15) is 11.9 Å². The first-order chi connectivity index (χ1) is 8.38. The van der Waals surface area contributed by atoms with Crippen LogP contribution >= 0.6 is 0 Å². The third-order valence-corrected chi connectivity index (χ3v) is 3.30. The van der Waals surface area contributed by atoms with Gasteiger partial charge in [-0.05, 0) is 50.4 Å². The zero-order valence-corrected chi connectivity index (χ0v) is 10.1. The molecule has 1 aliphatic rings. The van der Waals surface area contributed by atoms with E-state index in [1.807, 2.05) is 30.3 Å². The fraction of sp³-hybridized carbons (Fsp3) is 0.571. The first kappa shape index (κ1) is 12.4. The Morgan fingerprint density at radius 2 is 1.94 bits per heavy atom. The molecule has 1 aromatic rings. The van der Waals surface area contributed by atoms with Gasteiger partial charge in [-0.2, -0.15) is 0 Å². The van der Waals surface area contributed by atoms with Gasteiger partial charge in [0.25, 0.3) is 0 Å². The normalized spacial score (nSPS) is 18.9. The van der Waals surface area contributed by atoms with Crippen molar-refractivity contribution in [2.75, 3.05) is 19.7 Å². The molecule has 0 aromatic heterocycles. The summed E-state index contributed by atoms with van der Waals surface area (Å²) in [5.74, 6) is 1.53. The SMILES string of the molecule is OCC(CC1CCNCC1)Oc1ccccc1. The Morgan fingerprint density at radius 1 is 1.24 bits per heavy atom. The number of hydrogen-bond donors (Lipinski definition) is 2. The van der Waals surface area contributed by atoms with E-state index in [9.17, 15) is 5.11 Å². The molecule has 3 heteroatoms. The van der Waals surface area contributed by atoms with Gasteiger partial charge >= 0.3 is 0 Å². The first-order valence-corrected chi connectivity index (χ1v) is 6.42. The largest absolute Gasteiger partial charge is 0.488 e. The molecule has 1 aromatic carbocycles. The summed E-state index contributed by atoms with van der Waals surface area (Å²) in [5, 5.41) is 12.7. The Bertz CT molecular complexity index is 309. The molecule has 2 rings (SSSR count). The van der Waals surface area contributed by atoms with E-state index < -0.39 is 0 Å². The van der Waals surface area contributed by atoms with Gasteiger partial charge in [0.05, 0.1) is 6.61 Å². The van der Waals surface area contributed by atoms with E-state index in [1.54, 1.807) is 0 Å². The number of nitrogens with one attached hydrogen (secondary N) is 1. The lowest BCUT2D eigenvalue weighted by atomic mass is 9.92. The number of rotatable bonds is 5. The van der Waals surface area contributed by atoms with Gasteiger partial charge in [-0.25, -0.2) is 0 Å². The average Bonchev–Trinajstić information content (AvgIpc) is 2.40. The van der Waals surface area contributed by atoms with E-state index >= 15 is 0 Å². The van der Waals surface area contributed by atoms with Crippen molar-refractivity contribution in [1.29, 1.82) is 0 Å². The van der Waals surface area contributed by atoms with E-state index in [4.69, 9.17) is 4.74 Å². The van der Waals surface area contributed by atoms with Gasteiger partial charge in [0.15, 0.2) is 0 Å². The molecule has 1 saturated heterocycles. The molecule has 1 fully saturated rings. The zero-order chi connectivity index (χ0) is 11.9. The highest BCUT2D eigenvalue weighted by atomic mass is 16.5. The molecule has 1 unspecified atom stereocenters. The second kappa shape index (κ2) is 6.62. The van der Waals surface area contributed by atoms with Gasteiger partial charge in [0, 0.05) is 0 Å². The van der Waals surface area contributed by atoms with E-state index in [0.717, 1.165) is 25.3 Å². The maximum atomic E-state index is 9.38. The van der Waals surface area contributed by atoms with Gasteiger partial charge in [0.2, 0.25) is 0 Å². The Hall–Kier alpha value is -1.06. The molecule has 1 heterocycles. The molecule has 0 bridgehead atoms. The Labute approximate surface area is 103 Å². The molecule has 0 aliphatic carbocycles. The van der Waals surface area contributed by atoms with Gasteiger partial charge in [-0.15, -0.1) is 0 Å². The van der Waals surface area contributed by atoms with Crippen LogP contribution in [0.5, 0.6) is 5.75 Å². The quantitative estimate of drug-likeness (QED) is 0.818. The Balaban J connectivity index is 1.83. The predicted molar refractivity (Wildman–Crippen MR) is 68.2 cm³/mol. The monoisotopic (exact) mass is 235 g/mol.